The monoisotopic (exact) mass is 331 g/mol. The Morgan fingerprint density at radius 2 is 1.96 bits per heavy atom. The minimum absolute atomic E-state index is 0.106. The van der Waals surface area contributed by atoms with E-state index in [-0.39, 0.29) is 5.91 Å². The Labute approximate surface area is 142 Å². The van der Waals surface area contributed by atoms with Crippen molar-refractivity contribution in [1.82, 2.24) is 5.32 Å². The summed E-state index contributed by atoms with van der Waals surface area (Å²) >= 11 is 5.98. The molecular weight excluding hydrogens is 310 g/mol. The molecule has 0 spiro atoms. The van der Waals surface area contributed by atoms with Crippen molar-refractivity contribution in [2.75, 3.05) is 6.54 Å². The van der Waals surface area contributed by atoms with Gasteiger partial charge in [-0.2, -0.15) is 0 Å². The van der Waals surface area contributed by atoms with Gasteiger partial charge in [0.15, 0.2) is 6.10 Å². The second kappa shape index (κ2) is 8.59. The molecule has 1 amide bonds. The number of hydrogen-bond acceptors (Lipinski definition) is 2. The second-order valence-corrected chi connectivity index (χ2v) is 5.96. The zero-order chi connectivity index (χ0) is 16.7. The lowest BCUT2D eigenvalue weighted by atomic mass is 10.1. The fourth-order valence-electron chi connectivity index (χ4n) is 2.24. The molecule has 4 heteroatoms. The van der Waals surface area contributed by atoms with Crippen LogP contribution in [-0.4, -0.2) is 18.6 Å². The summed E-state index contributed by atoms with van der Waals surface area (Å²) in [6.07, 6.45) is 1.32. The maximum Gasteiger partial charge on any atom is 0.260 e. The average molecular weight is 332 g/mol. The van der Waals surface area contributed by atoms with Crippen LogP contribution in [0, 0.1) is 6.92 Å². The lowest BCUT2D eigenvalue weighted by Gasteiger charge is -2.15. The molecule has 23 heavy (non-hydrogen) atoms. The molecule has 0 bridgehead atoms. The van der Waals surface area contributed by atoms with Gasteiger partial charge in [-0.05, 0) is 56.0 Å². The highest BCUT2D eigenvalue weighted by molar-refractivity contribution is 6.31. The third-order valence-electron chi connectivity index (χ3n) is 3.60. The van der Waals surface area contributed by atoms with Gasteiger partial charge in [-0.3, -0.25) is 4.79 Å². The van der Waals surface area contributed by atoms with Gasteiger partial charge in [0.1, 0.15) is 5.75 Å². The van der Waals surface area contributed by atoms with Gasteiger partial charge >= 0.3 is 0 Å². The smallest absolute Gasteiger partial charge is 0.260 e. The molecule has 0 aliphatic carbocycles. The van der Waals surface area contributed by atoms with Gasteiger partial charge in [-0.25, -0.2) is 0 Å². The molecule has 122 valence electrons. The van der Waals surface area contributed by atoms with Gasteiger partial charge in [-0.1, -0.05) is 41.9 Å². The molecule has 2 aromatic carbocycles. The van der Waals surface area contributed by atoms with Crippen molar-refractivity contribution in [1.29, 1.82) is 0 Å². The third-order valence-corrected chi connectivity index (χ3v) is 4.02. The molecule has 2 rings (SSSR count). The number of benzene rings is 2. The zero-order valence-electron chi connectivity index (χ0n) is 13.5. The van der Waals surface area contributed by atoms with Crippen LogP contribution in [0.1, 0.15) is 24.5 Å². The molecule has 0 radical (unpaired) electrons. The van der Waals surface area contributed by atoms with E-state index in [2.05, 4.69) is 17.4 Å². The van der Waals surface area contributed by atoms with Gasteiger partial charge in [-0.15, -0.1) is 0 Å². The maximum atomic E-state index is 12.0. The van der Waals surface area contributed by atoms with Crippen molar-refractivity contribution in [2.45, 2.75) is 32.8 Å². The number of amides is 1. The molecule has 0 fully saturated rings. The van der Waals surface area contributed by atoms with Crippen LogP contribution in [0.5, 0.6) is 5.75 Å². The first-order valence-electron chi connectivity index (χ1n) is 7.80. The molecule has 0 saturated heterocycles. The molecule has 0 heterocycles. The molecule has 2 aromatic rings. The van der Waals surface area contributed by atoms with Crippen LogP contribution < -0.4 is 10.1 Å². The molecule has 0 aliphatic rings. The van der Waals surface area contributed by atoms with Crippen LogP contribution >= 0.6 is 11.6 Å². The summed E-state index contributed by atoms with van der Waals surface area (Å²) in [5, 5.41) is 3.60. The fraction of sp³-hybridized carbons (Fsp3) is 0.316. The Morgan fingerprint density at radius 3 is 2.65 bits per heavy atom. The van der Waals surface area contributed by atoms with Crippen LogP contribution in [0.25, 0.3) is 0 Å². The van der Waals surface area contributed by atoms with E-state index < -0.39 is 6.10 Å². The molecule has 1 atom stereocenters. The van der Waals surface area contributed by atoms with E-state index in [1.807, 2.05) is 31.2 Å². The van der Waals surface area contributed by atoms with Crippen LogP contribution in [0.2, 0.25) is 5.02 Å². The molecule has 0 saturated carbocycles. The van der Waals surface area contributed by atoms with Gasteiger partial charge in [0.25, 0.3) is 5.91 Å². The third kappa shape index (κ3) is 5.61. The van der Waals surface area contributed by atoms with Crippen LogP contribution in [0.15, 0.2) is 48.5 Å². The number of hydrogen-bond donors (Lipinski definition) is 1. The van der Waals surface area contributed by atoms with Crippen LogP contribution in [-0.2, 0) is 11.2 Å². The first-order valence-corrected chi connectivity index (χ1v) is 8.18. The van der Waals surface area contributed by atoms with Crippen molar-refractivity contribution in [3.8, 4) is 5.75 Å². The highest BCUT2D eigenvalue weighted by atomic mass is 35.5. The Morgan fingerprint density at radius 1 is 1.22 bits per heavy atom. The summed E-state index contributed by atoms with van der Waals surface area (Å²) in [7, 11) is 0. The normalized spacial score (nSPS) is 11.8. The van der Waals surface area contributed by atoms with E-state index in [9.17, 15) is 4.79 Å². The lowest BCUT2D eigenvalue weighted by molar-refractivity contribution is -0.127. The fourth-order valence-corrected chi connectivity index (χ4v) is 2.36. The van der Waals surface area contributed by atoms with E-state index in [0.29, 0.717) is 17.3 Å². The molecule has 1 N–H and O–H groups in total. The largest absolute Gasteiger partial charge is 0.481 e. The summed E-state index contributed by atoms with van der Waals surface area (Å²) in [5.41, 5.74) is 2.21. The quantitative estimate of drug-likeness (QED) is 0.773. The molecule has 0 aromatic heterocycles. The van der Waals surface area contributed by atoms with Gasteiger partial charge in [0.05, 0.1) is 0 Å². The maximum absolute atomic E-state index is 12.0. The summed E-state index contributed by atoms with van der Waals surface area (Å²) < 4.78 is 5.66. The van der Waals surface area contributed by atoms with E-state index >= 15 is 0 Å². The first-order chi connectivity index (χ1) is 11.1. The Hall–Kier alpha value is -2.00. The van der Waals surface area contributed by atoms with Gasteiger partial charge in [0.2, 0.25) is 0 Å². The van der Waals surface area contributed by atoms with Crippen molar-refractivity contribution >= 4 is 17.5 Å². The predicted molar refractivity (Wildman–Crippen MR) is 94.1 cm³/mol. The minimum atomic E-state index is -0.535. The number of aryl methyl sites for hydroxylation is 2. The minimum Gasteiger partial charge on any atom is -0.481 e. The zero-order valence-corrected chi connectivity index (χ0v) is 14.3. The van der Waals surface area contributed by atoms with Crippen molar-refractivity contribution in [2.24, 2.45) is 0 Å². The van der Waals surface area contributed by atoms with Crippen LogP contribution in [0.3, 0.4) is 0 Å². The number of rotatable bonds is 7. The Kier molecular flexibility index (Phi) is 6.48. The van der Waals surface area contributed by atoms with Gasteiger partial charge < -0.3 is 10.1 Å². The van der Waals surface area contributed by atoms with Crippen LogP contribution in [0.4, 0.5) is 0 Å². The number of carbonyl (C=O) groups excluding carboxylic acids is 1. The van der Waals surface area contributed by atoms with Crippen molar-refractivity contribution in [3.63, 3.8) is 0 Å². The van der Waals surface area contributed by atoms with E-state index in [0.717, 1.165) is 18.4 Å². The summed E-state index contributed by atoms with van der Waals surface area (Å²) in [6, 6.07) is 15.6. The van der Waals surface area contributed by atoms with E-state index in [4.69, 9.17) is 16.3 Å². The second-order valence-electron chi connectivity index (χ2n) is 5.55. The summed E-state index contributed by atoms with van der Waals surface area (Å²) in [4.78, 5) is 12.0. The molecule has 3 nitrogen and oxygen atoms in total. The SMILES string of the molecule is Cc1cc(O[C@H](C)C(=O)NCCCc2ccccc2)ccc1Cl. The highest BCUT2D eigenvalue weighted by Crippen LogP contribution is 2.21. The predicted octanol–water partition coefficient (Wildman–Crippen LogP) is 4.16. The van der Waals surface area contributed by atoms with Gasteiger partial charge in [0, 0.05) is 11.6 Å². The lowest BCUT2D eigenvalue weighted by Crippen LogP contribution is -2.36. The van der Waals surface area contributed by atoms with Crippen molar-refractivity contribution < 1.29 is 9.53 Å². The number of halogens is 1. The number of carbonyl (C=O) groups is 1. The topological polar surface area (TPSA) is 38.3 Å². The van der Waals surface area contributed by atoms with Crippen molar-refractivity contribution in [3.05, 3.63) is 64.7 Å². The van der Waals surface area contributed by atoms with E-state index in [1.54, 1.807) is 19.1 Å². The average Bonchev–Trinajstić information content (AvgIpc) is 2.55. The molecule has 0 aliphatic heterocycles. The summed E-state index contributed by atoms with van der Waals surface area (Å²) in [6.45, 7) is 4.29. The standard InChI is InChI=1S/C19H22ClNO2/c1-14-13-17(10-11-18(14)20)23-15(2)19(22)21-12-6-9-16-7-4-3-5-8-16/h3-5,7-8,10-11,13,15H,6,9,12H2,1-2H3,(H,21,22)/t15-/m1/s1. The molecular formula is C19H22ClNO2. The number of ether oxygens (including phenoxy) is 1. The Balaban J connectivity index is 1.73. The highest BCUT2D eigenvalue weighted by Gasteiger charge is 2.14. The van der Waals surface area contributed by atoms with E-state index in [1.165, 1.54) is 5.56 Å². The Bertz CT molecular complexity index is 643. The molecule has 0 unspecified atom stereocenters. The number of nitrogens with one attached hydrogen (secondary N) is 1. The first kappa shape index (κ1) is 17.4. The summed E-state index contributed by atoms with van der Waals surface area (Å²) in [5.74, 6) is 0.546.